The van der Waals surface area contributed by atoms with Gasteiger partial charge < -0.3 is 14.8 Å². The highest BCUT2D eigenvalue weighted by atomic mass is 35.5. The van der Waals surface area contributed by atoms with Gasteiger partial charge in [0.05, 0.1) is 6.54 Å². The van der Waals surface area contributed by atoms with Crippen LogP contribution >= 0.6 is 23.4 Å². The lowest BCUT2D eigenvalue weighted by Crippen LogP contribution is -2.45. The van der Waals surface area contributed by atoms with Crippen molar-refractivity contribution in [1.82, 2.24) is 24.4 Å². The summed E-state index contributed by atoms with van der Waals surface area (Å²) in [5, 5.41) is 1.23. The van der Waals surface area contributed by atoms with Crippen molar-refractivity contribution >= 4 is 40.3 Å². The highest BCUT2D eigenvalue weighted by Crippen LogP contribution is 2.26. The first-order valence-electron chi connectivity index (χ1n) is 10.3. The summed E-state index contributed by atoms with van der Waals surface area (Å²) in [5.74, 6) is 1.55. The van der Waals surface area contributed by atoms with E-state index in [0.717, 1.165) is 43.9 Å². The summed E-state index contributed by atoms with van der Waals surface area (Å²) >= 11 is 7.55. The van der Waals surface area contributed by atoms with Crippen LogP contribution in [0.3, 0.4) is 0 Å². The molecule has 1 aliphatic rings. The highest BCUT2D eigenvalue weighted by Gasteiger charge is 2.22. The summed E-state index contributed by atoms with van der Waals surface area (Å²) in [6.45, 7) is 5.71. The molecule has 8 nitrogen and oxygen atoms in total. The summed E-state index contributed by atoms with van der Waals surface area (Å²) in [6, 6.07) is 7.23. The van der Waals surface area contributed by atoms with Gasteiger partial charge in [-0.05, 0) is 31.2 Å². The largest absolute Gasteiger partial charge is 0.352 e. The maximum Gasteiger partial charge on any atom is 0.318 e. The molecule has 10 heteroatoms. The number of H-pyrrole nitrogens is 1. The van der Waals surface area contributed by atoms with Gasteiger partial charge in [0.1, 0.15) is 5.52 Å². The Hall–Kier alpha value is -2.36. The third kappa shape index (κ3) is 4.78. The van der Waals surface area contributed by atoms with E-state index in [-0.39, 0.29) is 6.54 Å². The molecule has 0 unspecified atom stereocenters. The fourth-order valence-electron chi connectivity index (χ4n) is 3.53. The molecule has 3 aromatic rings. The molecule has 0 aliphatic carbocycles. The van der Waals surface area contributed by atoms with E-state index in [1.165, 1.54) is 4.57 Å². The van der Waals surface area contributed by atoms with Crippen molar-refractivity contribution in [2.45, 2.75) is 25.0 Å². The number of thioether (sulfide) groups is 1. The molecule has 0 bridgehead atoms. The number of anilines is 1. The maximum atomic E-state index is 12.8. The van der Waals surface area contributed by atoms with Gasteiger partial charge >= 0.3 is 11.1 Å². The van der Waals surface area contributed by atoms with Crippen LogP contribution in [0.1, 0.15) is 18.9 Å². The van der Waals surface area contributed by atoms with Gasteiger partial charge in [-0.1, -0.05) is 42.4 Å². The summed E-state index contributed by atoms with van der Waals surface area (Å²) in [5.41, 5.74) is 0.512. The second-order valence-corrected chi connectivity index (χ2v) is 9.14. The fraction of sp³-hybridized carbons (Fsp3) is 0.429. The number of nitrogens with zero attached hydrogens (tertiary/aromatic N) is 5. The van der Waals surface area contributed by atoms with Crippen LogP contribution in [0.4, 0.5) is 5.82 Å². The van der Waals surface area contributed by atoms with Crippen LogP contribution in [-0.4, -0.2) is 63.4 Å². The van der Waals surface area contributed by atoms with E-state index in [9.17, 15) is 9.59 Å². The summed E-state index contributed by atoms with van der Waals surface area (Å²) in [4.78, 5) is 42.0. The number of rotatable bonds is 6. The number of hydrogen-bond acceptors (Lipinski definition) is 7. The number of likely N-dealkylation sites (N-methyl/N-ethyl adjacent to an activating group) is 1. The number of aromatic amines is 1. The Morgan fingerprint density at radius 3 is 2.48 bits per heavy atom. The smallest absolute Gasteiger partial charge is 0.318 e. The summed E-state index contributed by atoms with van der Waals surface area (Å²) in [7, 11) is 2.09. The molecule has 0 amide bonds. The van der Waals surface area contributed by atoms with Gasteiger partial charge in [-0.3, -0.25) is 14.2 Å². The molecule has 3 heterocycles. The van der Waals surface area contributed by atoms with E-state index in [2.05, 4.69) is 33.7 Å². The first-order valence-corrected chi connectivity index (χ1v) is 11.7. The van der Waals surface area contributed by atoms with Crippen molar-refractivity contribution in [3.63, 3.8) is 0 Å². The third-order valence-corrected chi connectivity index (χ3v) is 6.58. The van der Waals surface area contributed by atoms with Crippen molar-refractivity contribution in [1.29, 1.82) is 0 Å². The number of halogens is 1. The lowest BCUT2D eigenvalue weighted by molar-refractivity contribution is 0.312. The van der Waals surface area contributed by atoms with Gasteiger partial charge in [-0.15, -0.1) is 0 Å². The lowest BCUT2D eigenvalue weighted by Gasteiger charge is -2.33. The van der Waals surface area contributed by atoms with E-state index in [1.54, 1.807) is 23.9 Å². The molecule has 1 aromatic carbocycles. The van der Waals surface area contributed by atoms with E-state index in [4.69, 9.17) is 16.6 Å². The number of benzene rings is 1. The van der Waals surface area contributed by atoms with E-state index in [1.807, 2.05) is 12.1 Å². The Morgan fingerprint density at radius 1 is 1.10 bits per heavy atom. The topological polar surface area (TPSA) is 87.1 Å². The molecule has 31 heavy (non-hydrogen) atoms. The van der Waals surface area contributed by atoms with Crippen LogP contribution in [0.5, 0.6) is 0 Å². The molecule has 1 N–H and O–H groups in total. The minimum atomic E-state index is -0.672. The molecule has 1 fully saturated rings. The quantitative estimate of drug-likeness (QED) is 0.343. The molecular weight excluding hydrogens is 436 g/mol. The number of nitrogens with one attached hydrogen (secondary N) is 1. The minimum absolute atomic E-state index is 0.230. The highest BCUT2D eigenvalue weighted by molar-refractivity contribution is 7.99. The third-order valence-electron chi connectivity index (χ3n) is 5.28. The van der Waals surface area contributed by atoms with Crippen LogP contribution in [0.15, 0.2) is 39.0 Å². The zero-order valence-corrected chi connectivity index (χ0v) is 19.2. The molecule has 4 rings (SSSR count). The van der Waals surface area contributed by atoms with E-state index < -0.39 is 11.1 Å². The molecular formula is C21H25ClN6O2S. The van der Waals surface area contributed by atoms with Gasteiger partial charge in [0.15, 0.2) is 16.6 Å². The number of piperazine rings is 1. The van der Waals surface area contributed by atoms with Gasteiger partial charge in [-0.2, -0.15) is 0 Å². The van der Waals surface area contributed by atoms with E-state index in [0.29, 0.717) is 27.2 Å². The Labute approximate surface area is 189 Å². The normalized spacial score (nSPS) is 15.0. The molecule has 0 radical (unpaired) electrons. The molecule has 164 valence electrons. The molecule has 0 saturated carbocycles. The second-order valence-electron chi connectivity index (χ2n) is 7.64. The van der Waals surface area contributed by atoms with Crippen molar-refractivity contribution in [2.75, 3.05) is 43.9 Å². The predicted octanol–water partition coefficient (Wildman–Crippen LogP) is 2.44. The molecule has 0 atom stereocenters. The number of hydrogen-bond donors (Lipinski definition) is 1. The van der Waals surface area contributed by atoms with Crippen LogP contribution in [0, 0.1) is 0 Å². The van der Waals surface area contributed by atoms with Gasteiger partial charge in [0, 0.05) is 37.0 Å². The van der Waals surface area contributed by atoms with Gasteiger partial charge in [0.2, 0.25) is 0 Å². The average molecular weight is 461 g/mol. The van der Waals surface area contributed by atoms with Crippen LogP contribution in [0.2, 0.25) is 5.02 Å². The lowest BCUT2D eigenvalue weighted by atomic mass is 10.2. The van der Waals surface area contributed by atoms with Crippen LogP contribution in [-0.2, 0) is 6.54 Å². The van der Waals surface area contributed by atoms with Crippen LogP contribution < -0.4 is 16.0 Å². The molecule has 2 aromatic heterocycles. The SMILES string of the molecule is CCCSc1nc(N2CCN(C)CC2)c2[nH]c(=O)c(=O)n(Cc3ccc(Cl)cc3)c2n1. The van der Waals surface area contributed by atoms with Crippen LogP contribution in [0.25, 0.3) is 11.2 Å². The predicted molar refractivity (Wildman–Crippen MR) is 126 cm³/mol. The first-order chi connectivity index (χ1) is 15.0. The monoisotopic (exact) mass is 460 g/mol. The standard InChI is InChI=1S/C21H25ClN6O2S/c1-3-12-31-21-24-17(27-10-8-26(2)9-11-27)16-18(25-21)28(20(30)19(29)23-16)13-14-4-6-15(22)7-5-14/h4-7H,3,8-13H2,1-2H3,(H,23,29). The molecule has 1 aliphatic heterocycles. The molecule has 1 saturated heterocycles. The van der Waals surface area contributed by atoms with Gasteiger partial charge in [-0.25, -0.2) is 9.97 Å². The van der Waals surface area contributed by atoms with Crippen molar-refractivity contribution in [2.24, 2.45) is 0 Å². The van der Waals surface area contributed by atoms with Gasteiger partial charge in [0.25, 0.3) is 0 Å². The Morgan fingerprint density at radius 2 is 1.81 bits per heavy atom. The first kappa shape index (κ1) is 21.9. The van der Waals surface area contributed by atoms with Crippen molar-refractivity contribution in [3.8, 4) is 0 Å². The Balaban J connectivity index is 1.88. The summed E-state index contributed by atoms with van der Waals surface area (Å²) < 4.78 is 1.44. The molecule has 0 spiro atoms. The van der Waals surface area contributed by atoms with Crippen molar-refractivity contribution in [3.05, 3.63) is 55.6 Å². The van der Waals surface area contributed by atoms with Crippen molar-refractivity contribution < 1.29 is 0 Å². The minimum Gasteiger partial charge on any atom is -0.352 e. The zero-order valence-electron chi connectivity index (χ0n) is 17.6. The fourth-order valence-corrected chi connectivity index (χ4v) is 4.35. The average Bonchev–Trinajstić information content (AvgIpc) is 2.77. The van der Waals surface area contributed by atoms with E-state index >= 15 is 0 Å². The number of fused-ring (bicyclic) bond motifs is 1. The Kier molecular flexibility index (Phi) is 6.64. The second kappa shape index (κ2) is 9.42. The zero-order chi connectivity index (χ0) is 22.0. The number of aromatic nitrogens is 4. The Bertz CT molecular complexity index is 1190. The maximum absolute atomic E-state index is 12.8. The summed E-state index contributed by atoms with van der Waals surface area (Å²) in [6.07, 6.45) is 0.985.